The third-order valence-corrected chi connectivity index (χ3v) is 5.68. The number of ether oxygens (including phenoxy) is 1. The van der Waals surface area contributed by atoms with E-state index in [1.165, 1.54) is 26.0 Å². The molecule has 2 aromatic rings. The van der Waals surface area contributed by atoms with Crippen LogP contribution >= 0.6 is 0 Å². The lowest BCUT2D eigenvalue weighted by atomic mass is 9.64. The number of carbonyl (C=O) groups excluding carboxylic acids is 2. The normalized spacial score (nSPS) is 23.4. The van der Waals surface area contributed by atoms with Crippen LogP contribution in [-0.2, 0) is 9.59 Å². The van der Waals surface area contributed by atoms with Gasteiger partial charge in [0.1, 0.15) is 17.3 Å². The molecule has 0 radical (unpaired) electrons. The van der Waals surface area contributed by atoms with Gasteiger partial charge in [0.25, 0.3) is 0 Å². The minimum Gasteiger partial charge on any atom is -0.494 e. The third-order valence-electron chi connectivity index (χ3n) is 5.68. The molecule has 0 bridgehead atoms. The lowest BCUT2D eigenvalue weighted by Gasteiger charge is -2.43. The van der Waals surface area contributed by atoms with Gasteiger partial charge in [-0.3, -0.25) is 9.59 Å². The highest BCUT2D eigenvalue weighted by Crippen LogP contribution is 2.47. The summed E-state index contributed by atoms with van der Waals surface area (Å²) in [5.74, 6) is -1.63. The van der Waals surface area contributed by atoms with Crippen LogP contribution in [0.1, 0.15) is 45.6 Å². The molecule has 0 spiro atoms. The molecule has 0 amide bonds. The second kappa shape index (κ2) is 9.02. The molecule has 1 aliphatic rings. The number of nitrogens with one attached hydrogen (secondary N) is 1. The number of aliphatic hydroxyl groups is 1. The van der Waals surface area contributed by atoms with Gasteiger partial charge < -0.3 is 15.2 Å². The molecule has 0 aliphatic heterocycles. The Morgan fingerprint density at radius 1 is 1.13 bits per heavy atom. The van der Waals surface area contributed by atoms with Crippen LogP contribution in [0.4, 0.5) is 10.1 Å². The quantitative estimate of drug-likeness (QED) is 0.677. The van der Waals surface area contributed by atoms with Crippen molar-refractivity contribution in [2.45, 2.75) is 45.6 Å². The number of anilines is 1. The van der Waals surface area contributed by atoms with Crippen LogP contribution in [0.2, 0.25) is 0 Å². The van der Waals surface area contributed by atoms with Crippen LogP contribution in [0.5, 0.6) is 5.75 Å². The topological polar surface area (TPSA) is 75.6 Å². The molecule has 0 unspecified atom stereocenters. The molecule has 0 fully saturated rings. The minimum atomic E-state index is -1.39. The molecule has 2 aromatic carbocycles. The fourth-order valence-electron chi connectivity index (χ4n) is 4.50. The van der Waals surface area contributed by atoms with Crippen molar-refractivity contribution in [3.63, 3.8) is 0 Å². The Bertz CT molecular complexity index is 993. The number of hydrogen-bond donors (Lipinski definition) is 2. The maximum atomic E-state index is 13.6. The molecular weight excluding hydrogens is 397 g/mol. The number of halogens is 1. The van der Waals surface area contributed by atoms with Crippen LogP contribution in [0, 0.1) is 11.7 Å². The highest BCUT2D eigenvalue weighted by molar-refractivity contribution is 5.98. The van der Waals surface area contributed by atoms with Crippen molar-refractivity contribution in [2.24, 2.45) is 5.92 Å². The third kappa shape index (κ3) is 4.85. The van der Waals surface area contributed by atoms with E-state index in [0.29, 0.717) is 23.4 Å². The van der Waals surface area contributed by atoms with Gasteiger partial charge >= 0.3 is 0 Å². The molecule has 0 saturated heterocycles. The van der Waals surface area contributed by atoms with Crippen molar-refractivity contribution < 1.29 is 23.8 Å². The Morgan fingerprint density at radius 3 is 2.26 bits per heavy atom. The molecule has 31 heavy (non-hydrogen) atoms. The number of hydrogen-bond acceptors (Lipinski definition) is 5. The van der Waals surface area contributed by atoms with E-state index >= 15 is 0 Å². The van der Waals surface area contributed by atoms with Crippen LogP contribution in [0.15, 0.2) is 59.8 Å². The molecule has 3 atom stereocenters. The fraction of sp³-hybridized carbons (Fsp3) is 0.360. The zero-order chi connectivity index (χ0) is 22.8. The monoisotopic (exact) mass is 425 g/mol. The summed E-state index contributed by atoms with van der Waals surface area (Å²) in [6, 6.07) is 13.0. The molecule has 3 rings (SSSR count). The van der Waals surface area contributed by atoms with Crippen molar-refractivity contribution in [2.75, 3.05) is 11.9 Å². The van der Waals surface area contributed by atoms with Gasteiger partial charge in [0.2, 0.25) is 0 Å². The molecule has 0 heterocycles. The number of carbonyl (C=O) groups is 2. The molecule has 0 aromatic heterocycles. The van der Waals surface area contributed by atoms with Gasteiger partial charge in [-0.25, -0.2) is 4.39 Å². The van der Waals surface area contributed by atoms with Gasteiger partial charge in [-0.05, 0) is 69.7 Å². The Morgan fingerprint density at radius 2 is 1.74 bits per heavy atom. The summed E-state index contributed by atoms with van der Waals surface area (Å²) in [7, 11) is 0. The van der Waals surface area contributed by atoms with E-state index in [1.54, 1.807) is 19.1 Å². The minimum absolute atomic E-state index is 0.108. The van der Waals surface area contributed by atoms with Gasteiger partial charge in [0.15, 0.2) is 5.78 Å². The van der Waals surface area contributed by atoms with E-state index in [2.05, 4.69) is 5.32 Å². The van der Waals surface area contributed by atoms with Gasteiger partial charge in [-0.1, -0.05) is 12.1 Å². The molecule has 164 valence electrons. The first kappa shape index (κ1) is 22.7. The van der Waals surface area contributed by atoms with Crippen molar-refractivity contribution in [3.05, 3.63) is 71.2 Å². The second-order valence-electron chi connectivity index (χ2n) is 8.18. The molecular formula is C25H28FNO4. The van der Waals surface area contributed by atoms with Crippen molar-refractivity contribution >= 4 is 17.3 Å². The van der Waals surface area contributed by atoms with Crippen LogP contribution in [-0.4, -0.2) is 28.9 Å². The smallest absolute Gasteiger partial charge is 0.158 e. The summed E-state index contributed by atoms with van der Waals surface area (Å²) >= 11 is 0. The molecule has 2 N–H and O–H groups in total. The Labute approximate surface area is 181 Å². The zero-order valence-electron chi connectivity index (χ0n) is 18.2. The fourth-order valence-corrected chi connectivity index (χ4v) is 4.50. The van der Waals surface area contributed by atoms with E-state index < -0.39 is 23.3 Å². The summed E-state index contributed by atoms with van der Waals surface area (Å²) in [5.41, 5.74) is 0.919. The number of allylic oxidation sites excluding steroid dienone is 1. The second-order valence-corrected chi connectivity index (χ2v) is 8.18. The van der Waals surface area contributed by atoms with Crippen LogP contribution in [0.25, 0.3) is 0 Å². The summed E-state index contributed by atoms with van der Waals surface area (Å²) in [4.78, 5) is 25.4. The standard InChI is InChI=1S/C25H28FNO4/c1-5-31-20-12-10-19(11-13-20)27-21-14-25(4,30)24(16(3)29)23(22(21)15(2)28)17-6-8-18(26)9-7-17/h6-13,23-24,27,30H,5,14H2,1-4H3/t23-,24-,25+/m1/s1. The molecule has 5 nitrogen and oxygen atoms in total. The summed E-state index contributed by atoms with van der Waals surface area (Å²) < 4.78 is 19.0. The zero-order valence-corrected chi connectivity index (χ0v) is 18.2. The van der Waals surface area contributed by atoms with E-state index in [4.69, 9.17) is 4.74 Å². The van der Waals surface area contributed by atoms with Crippen molar-refractivity contribution in [1.29, 1.82) is 0 Å². The van der Waals surface area contributed by atoms with Gasteiger partial charge in [-0.15, -0.1) is 0 Å². The summed E-state index contributed by atoms with van der Waals surface area (Å²) in [6.07, 6.45) is 0.108. The first-order valence-corrected chi connectivity index (χ1v) is 10.4. The van der Waals surface area contributed by atoms with Gasteiger partial charge in [0.05, 0.1) is 18.1 Å². The highest BCUT2D eigenvalue weighted by atomic mass is 19.1. The number of benzene rings is 2. The van der Waals surface area contributed by atoms with E-state index in [9.17, 15) is 19.1 Å². The highest BCUT2D eigenvalue weighted by Gasteiger charge is 2.49. The van der Waals surface area contributed by atoms with Gasteiger partial charge in [0, 0.05) is 29.3 Å². The SMILES string of the molecule is CCOc1ccc(NC2=C(C(C)=O)[C@@H](c3ccc(F)cc3)[C@@H](C(C)=O)[C@@](C)(O)C2)cc1. The average molecular weight is 426 g/mol. The Hall–Kier alpha value is -2.99. The maximum Gasteiger partial charge on any atom is 0.158 e. The molecule has 1 aliphatic carbocycles. The number of ketones is 2. The average Bonchev–Trinajstić information content (AvgIpc) is 2.68. The first-order valence-electron chi connectivity index (χ1n) is 10.4. The van der Waals surface area contributed by atoms with Gasteiger partial charge in [-0.2, -0.15) is 0 Å². The van der Waals surface area contributed by atoms with Crippen molar-refractivity contribution in [3.8, 4) is 5.75 Å². The number of rotatable bonds is 7. The predicted molar refractivity (Wildman–Crippen MR) is 117 cm³/mol. The van der Waals surface area contributed by atoms with E-state index in [-0.39, 0.29) is 18.0 Å². The van der Waals surface area contributed by atoms with Crippen LogP contribution in [0.3, 0.4) is 0 Å². The molecule has 0 saturated carbocycles. The van der Waals surface area contributed by atoms with Crippen LogP contribution < -0.4 is 10.1 Å². The lowest BCUT2D eigenvalue weighted by Crippen LogP contribution is -2.48. The lowest BCUT2D eigenvalue weighted by molar-refractivity contribution is -0.131. The Balaban J connectivity index is 2.12. The van der Waals surface area contributed by atoms with E-state index in [0.717, 1.165) is 11.4 Å². The maximum absolute atomic E-state index is 13.6. The Kier molecular flexibility index (Phi) is 6.60. The summed E-state index contributed by atoms with van der Waals surface area (Å²) in [6.45, 7) is 6.93. The predicted octanol–water partition coefficient (Wildman–Crippen LogP) is 4.62. The molecule has 6 heteroatoms. The van der Waals surface area contributed by atoms with Crippen molar-refractivity contribution in [1.82, 2.24) is 0 Å². The van der Waals surface area contributed by atoms with E-state index in [1.807, 2.05) is 31.2 Å². The first-order chi connectivity index (χ1) is 14.6. The largest absolute Gasteiger partial charge is 0.494 e. The summed E-state index contributed by atoms with van der Waals surface area (Å²) in [5, 5.41) is 14.5. The number of Topliss-reactive ketones (excluding diaryl/α,β-unsaturated/α-hetero) is 2.